The zero-order chi connectivity index (χ0) is 7.78. The summed E-state index contributed by atoms with van der Waals surface area (Å²) >= 11 is 2.04. The summed E-state index contributed by atoms with van der Waals surface area (Å²) in [6.07, 6.45) is -0.320. The molecule has 4 nitrogen and oxygen atoms in total. The van der Waals surface area contributed by atoms with Crippen LogP contribution in [-0.4, -0.2) is 35.7 Å². The molecule has 0 aliphatic carbocycles. The van der Waals surface area contributed by atoms with Crippen LogP contribution in [0.15, 0.2) is 0 Å². The molecular weight excluding hydrogens is 267 g/mol. The fourth-order valence-corrected chi connectivity index (χ4v) is 3.19. The molecule has 0 aromatic heterocycles. The zero-order valence-electron chi connectivity index (χ0n) is 5.33. The molecule has 1 aliphatic heterocycles. The van der Waals surface area contributed by atoms with Crippen LogP contribution in [0, 0.1) is 0 Å². The van der Waals surface area contributed by atoms with Crippen LogP contribution in [0.2, 0.25) is 0 Å². The highest BCUT2D eigenvalue weighted by Gasteiger charge is 2.26. The SMILES string of the molecule is NC1CS(=O)(=O)CCN1I. The Kier molecular flexibility index (Phi) is 2.54. The average molecular weight is 276 g/mol. The highest BCUT2D eigenvalue weighted by atomic mass is 127. The summed E-state index contributed by atoms with van der Waals surface area (Å²) in [7, 11) is -2.84. The van der Waals surface area contributed by atoms with Crippen molar-refractivity contribution in [3.05, 3.63) is 0 Å². The van der Waals surface area contributed by atoms with Crippen molar-refractivity contribution in [1.29, 1.82) is 0 Å². The van der Waals surface area contributed by atoms with E-state index in [0.717, 1.165) is 0 Å². The molecule has 0 aromatic rings. The molecule has 10 heavy (non-hydrogen) atoms. The van der Waals surface area contributed by atoms with Gasteiger partial charge in [-0.25, -0.2) is 11.5 Å². The summed E-state index contributed by atoms with van der Waals surface area (Å²) in [5.74, 6) is 0.333. The third kappa shape index (κ3) is 2.04. The van der Waals surface area contributed by atoms with E-state index >= 15 is 0 Å². The molecule has 0 radical (unpaired) electrons. The predicted molar refractivity (Wildman–Crippen MR) is 47.4 cm³/mol. The molecule has 1 aliphatic rings. The van der Waals surface area contributed by atoms with Crippen LogP contribution in [0.1, 0.15) is 0 Å². The molecule has 1 fully saturated rings. The normalized spacial score (nSPS) is 34.0. The van der Waals surface area contributed by atoms with Gasteiger partial charge in [-0.2, -0.15) is 0 Å². The lowest BCUT2D eigenvalue weighted by molar-refractivity contribution is 0.413. The Balaban J connectivity index is 2.66. The van der Waals surface area contributed by atoms with E-state index < -0.39 is 9.84 Å². The van der Waals surface area contributed by atoms with Crippen LogP contribution in [-0.2, 0) is 9.84 Å². The van der Waals surface area contributed by atoms with Crippen LogP contribution in [0.3, 0.4) is 0 Å². The van der Waals surface area contributed by atoms with Crippen LogP contribution >= 0.6 is 22.9 Å². The Hall–Kier alpha value is 0.600. The van der Waals surface area contributed by atoms with Gasteiger partial charge in [0, 0.05) is 29.4 Å². The standard InChI is InChI=1S/C4H9IN2O2S/c5-7-1-2-10(8,9)3-4(7)6/h4H,1-3,6H2. The fraction of sp³-hybridized carbons (Fsp3) is 1.00. The molecule has 6 heteroatoms. The smallest absolute Gasteiger partial charge is 0.154 e. The van der Waals surface area contributed by atoms with Gasteiger partial charge in [0.15, 0.2) is 9.84 Å². The highest BCUT2D eigenvalue weighted by Crippen LogP contribution is 2.11. The summed E-state index contributed by atoms with van der Waals surface area (Å²) in [5.41, 5.74) is 5.49. The first-order valence-electron chi connectivity index (χ1n) is 2.90. The van der Waals surface area contributed by atoms with Crippen molar-refractivity contribution >= 4 is 32.7 Å². The fourth-order valence-electron chi connectivity index (χ4n) is 0.816. The van der Waals surface area contributed by atoms with Gasteiger partial charge in [-0.3, -0.25) is 0 Å². The van der Waals surface area contributed by atoms with Crippen LogP contribution in [0.4, 0.5) is 0 Å². The monoisotopic (exact) mass is 276 g/mol. The van der Waals surface area contributed by atoms with Crippen LogP contribution < -0.4 is 5.73 Å². The van der Waals surface area contributed by atoms with Gasteiger partial charge >= 0.3 is 0 Å². The number of sulfone groups is 1. The largest absolute Gasteiger partial charge is 0.314 e. The Morgan fingerprint density at radius 2 is 2.20 bits per heavy atom. The first-order chi connectivity index (χ1) is 4.51. The average Bonchev–Trinajstić information content (AvgIpc) is 1.79. The third-order valence-corrected chi connectivity index (χ3v) is 4.25. The molecule has 2 N–H and O–H groups in total. The number of hydrogen-bond donors (Lipinski definition) is 1. The molecule has 0 spiro atoms. The van der Waals surface area contributed by atoms with E-state index in [1.54, 1.807) is 0 Å². The molecule has 0 aromatic carbocycles. The van der Waals surface area contributed by atoms with E-state index in [0.29, 0.717) is 6.54 Å². The van der Waals surface area contributed by atoms with E-state index in [1.165, 1.54) is 0 Å². The molecule has 1 heterocycles. The molecule has 1 unspecified atom stereocenters. The minimum atomic E-state index is -2.84. The molecule has 1 rings (SSSR count). The van der Waals surface area contributed by atoms with Crippen molar-refractivity contribution in [1.82, 2.24) is 3.11 Å². The Labute approximate surface area is 74.2 Å². The summed E-state index contributed by atoms with van der Waals surface area (Å²) in [5, 5.41) is 0. The molecule has 1 atom stereocenters. The van der Waals surface area contributed by atoms with Crippen LogP contribution in [0.5, 0.6) is 0 Å². The first-order valence-corrected chi connectivity index (χ1v) is 5.68. The van der Waals surface area contributed by atoms with E-state index in [1.807, 2.05) is 26.0 Å². The zero-order valence-corrected chi connectivity index (χ0v) is 8.30. The second-order valence-electron chi connectivity index (χ2n) is 2.31. The summed E-state index contributed by atoms with van der Waals surface area (Å²) < 4.78 is 23.6. The molecule has 1 saturated heterocycles. The van der Waals surface area contributed by atoms with Crippen molar-refractivity contribution in [2.75, 3.05) is 18.1 Å². The minimum absolute atomic E-state index is 0.0932. The molecule has 0 bridgehead atoms. The molecule has 60 valence electrons. The number of halogens is 1. The van der Waals surface area contributed by atoms with E-state index in [4.69, 9.17) is 5.73 Å². The second kappa shape index (κ2) is 2.92. The Morgan fingerprint density at radius 1 is 1.60 bits per heavy atom. The van der Waals surface area contributed by atoms with Crippen molar-refractivity contribution in [2.45, 2.75) is 6.17 Å². The Bertz CT molecular complexity index is 215. The van der Waals surface area contributed by atoms with E-state index in [-0.39, 0.29) is 17.7 Å². The summed E-state index contributed by atoms with van der Waals surface area (Å²) in [4.78, 5) is 0. The van der Waals surface area contributed by atoms with Crippen molar-refractivity contribution in [3.8, 4) is 0 Å². The number of hydrogen-bond acceptors (Lipinski definition) is 4. The van der Waals surface area contributed by atoms with Crippen LogP contribution in [0.25, 0.3) is 0 Å². The van der Waals surface area contributed by atoms with Gasteiger partial charge in [-0.1, -0.05) is 0 Å². The minimum Gasteiger partial charge on any atom is -0.314 e. The van der Waals surface area contributed by atoms with Crippen molar-refractivity contribution in [2.24, 2.45) is 5.73 Å². The van der Waals surface area contributed by atoms with Gasteiger partial charge in [0.05, 0.1) is 17.7 Å². The lowest BCUT2D eigenvalue weighted by Crippen LogP contribution is -2.48. The quantitative estimate of drug-likeness (QED) is 0.472. The van der Waals surface area contributed by atoms with Gasteiger partial charge in [0.2, 0.25) is 0 Å². The van der Waals surface area contributed by atoms with Gasteiger partial charge in [0.1, 0.15) is 0 Å². The van der Waals surface area contributed by atoms with Crippen molar-refractivity contribution in [3.63, 3.8) is 0 Å². The van der Waals surface area contributed by atoms with Gasteiger partial charge in [-0.15, -0.1) is 0 Å². The number of nitrogens with two attached hydrogens (primary N) is 1. The van der Waals surface area contributed by atoms with Crippen molar-refractivity contribution < 1.29 is 8.42 Å². The third-order valence-electron chi connectivity index (χ3n) is 1.40. The maximum absolute atomic E-state index is 10.9. The number of rotatable bonds is 0. The van der Waals surface area contributed by atoms with E-state index in [2.05, 4.69) is 0 Å². The highest BCUT2D eigenvalue weighted by molar-refractivity contribution is 14.1. The summed E-state index contributed by atoms with van der Waals surface area (Å²) in [6.45, 7) is 0.546. The van der Waals surface area contributed by atoms with E-state index in [9.17, 15) is 8.42 Å². The molecule has 0 amide bonds. The number of nitrogens with zero attached hydrogens (tertiary/aromatic N) is 1. The second-order valence-corrected chi connectivity index (χ2v) is 5.77. The molecular formula is C4H9IN2O2S. The lowest BCUT2D eigenvalue weighted by atomic mass is 10.5. The van der Waals surface area contributed by atoms with Gasteiger partial charge < -0.3 is 5.73 Å². The topological polar surface area (TPSA) is 63.4 Å². The predicted octanol–water partition coefficient (Wildman–Crippen LogP) is -0.648. The van der Waals surface area contributed by atoms with Gasteiger partial charge in [0.25, 0.3) is 0 Å². The maximum Gasteiger partial charge on any atom is 0.154 e. The first kappa shape index (κ1) is 8.69. The lowest BCUT2D eigenvalue weighted by Gasteiger charge is -2.26. The summed E-state index contributed by atoms with van der Waals surface area (Å²) in [6, 6.07) is 0. The van der Waals surface area contributed by atoms with Gasteiger partial charge in [-0.05, 0) is 0 Å². The molecule has 0 saturated carbocycles. The maximum atomic E-state index is 10.9. The Morgan fingerprint density at radius 3 is 2.60 bits per heavy atom.